The Morgan fingerprint density at radius 1 is 1.03 bits per heavy atom. The van der Waals surface area contributed by atoms with Gasteiger partial charge in [-0.3, -0.25) is 20.4 Å². The highest BCUT2D eigenvalue weighted by Gasteiger charge is 2.21. The molecule has 0 radical (unpaired) electrons. The van der Waals surface area contributed by atoms with Gasteiger partial charge in [-0.1, -0.05) is 11.6 Å². The lowest BCUT2D eigenvalue weighted by Crippen LogP contribution is -2.41. The first-order valence-electron chi connectivity index (χ1n) is 8.75. The van der Waals surface area contributed by atoms with Gasteiger partial charge in [-0.15, -0.1) is 0 Å². The van der Waals surface area contributed by atoms with Crippen LogP contribution in [-0.2, 0) is 10.0 Å². The molecule has 2 aromatic rings. The van der Waals surface area contributed by atoms with Crippen LogP contribution in [0.25, 0.3) is 0 Å². The SMILES string of the molecule is CCOc1ccc(C(=O)NNC(=O)c2cc(S(=O)(=O)N(C)C)ccc2Cl)cc1OC. The lowest BCUT2D eigenvalue weighted by atomic mass is 10.2. The monoisotopic (exact) mass is 455 g/mol. The largest absolute Gasteiger partial charge is 0.493 e. The molecule has 0 spiro atoms. The van der Waals surface area contributed by atoms with E-state index in [2.05, 4.69) is 10.9 Å². The lowest BCUT2D eigenvalue weighted by molar-refractivity contribution is 0.0846. The highest BCUT2D eigenvalue weighted by Crippen LogP contribution is 2.28. The number of carbonyl (C=O) groups excluding carboxylic acids is 2. The number of hydrogen-bond donors (Lipinski definition) is 2. The van der Waals surface area contributed by atoms with Crippen LogP contribution in [0.4, 0.5) is 0 Å². The van der Waals surface area contributed by atoms with E-state index in [0.29, 0.717) is 18.1 Å². The molecule has 11 heteroatoms. The molecule has 2 rings (SSSR count). The van der Waals surface area contributed by atoms with Gasteiger partial charge in [-0.2, -0.15) is 0 Å². The minimum absolute atomic E-state index is 0.0298. The van der Waals surface area contributed by atoms with Crippen molar-refractivity contribution in [1.82, 2.24) is 15.2 Å². The minimum atomic E-state index is -3.76. The smallest absolute Gasteiger partial charge is 0.271 e. The molecule has 0 aliphatic heterocycles. The van der Waals surface area contributed by atoms with Crippen LogP contribution in [0, 0.1) is 0 Å². The van der Waals surface area contributed by atoms with Gasteiger partial charge in [0.05, 0.1) is 29.2 Å². The van der Waals surface area contributed by atoms with Crippen LogP contribution in [0.5, 0.6) is 11.5 Å². The van der Waals surface area contributed by atoms with Crippen molar-refractivity contribution >= 4 is 33.4 Å². The van der Waals surface area contributed by atoms with Gasteiger partial charge in [-0.25, -0.2) is 12.7 Å². The Balaban J connectivity index is 2.17. The summed E-state index contributed by atoms with van der Waals surface area (Å²) >= 11 is 6.03. The van der Waals surface area contributed by atoms with Gasteiger partial charge in [0.25, 0.3) is 11.8 Å². The Morgan fingerprint density at radius 2 is 1.70 bits per heavy atom. The van der Waals surface area contributed by atoms with Crippen molar-refractivity contribution < 1.29 is 27.5 Å². The summed E-state index contributed by atoms with van der Waals surface area (Å²) in [4.78, 5) is 24.7. The molecule has 2 amide bonds. The second-order valence-corrected chi connectivity index (χ2v) is 8.70. The van der Waals surface area contributed by atoms with Gasteiger partial charge in [-0.05, 0) is 43.3 Å². The summed E-state index contributed by atoms with van der Waals surface area (Å²) in [7, 11) is 0.424. The molecule has 0 aliphatic rings. The summed E-state index contributed by atoms with van der Waals surface area (Å²) in [5.41, 5.74) is 4.58. The Kier molecular flexibility index (Phi) is 7.65. The number of rotatable bonds is 7. The maximum absolute atomic E-state index is 12.4. The van der Waals surface area contributed by atoms with Crippen molar-refractivity contribution in [2.24, 2.45) is 0 Å². The van der Waals surface area contributed by atoms with Crippen molar-refractivity contribution in [3.8, 4) is 11.5 Å². The standard InChI is InChI=1S/C19H22ClN3O6S/c1-5-29-16-9-6-12(10-17(16)28-4)18(24)21-22-19(25)14-11-13(7-8-15(14)20)30(26,27)23(2)3/h6-11H,5H2,1-4H3,(H,21,24)(H,22,25). The zero-order chi connectivity index (χ0) is 22.5. The molecule has 30 heavy (non-hydrogen) atoms. The third-order valence-corrected chi connectivity index (χ3v) is 6.12. The topological polar surface area (TPSA) is 114 Å². The zero-order valence-corrected chi connectivity index (χ0v) is 18.4. The van der Waals surface area contributed by atoms with Gasteiger partial charge < -0.3 is 9.47 Å². The van der Waals surface area contributed by atoms with E-state index in [1.54, 1.807) is 6.07 Å². The van der Waals surface area contributed by atoms with E-state index in [1.165, 1.54) is 45.5 Å². The lowest BCUT2D eigenvalue weighted by Gasteiger charge is -2.14. The van der Waals surface area contributed by atoms with Crippen molar-refractivity contribution in [2.75, 3.05) is 27.8 Å². The number of nitrogens with one attached hydrogen (secondary N) is 2. The number of benzene rings is 2. The number of methoxy groups -OCH3 is 1. The van der Waals surface area contributed by atoms with Crippen LogP contribution in [0.1, 0.15) is 27.6 Å². The van der Waals surface area contributed by atoms with Gasteiger partial charge >= 0.3 is 0 Å². The number of nitrogens with zero attached hydrogens (tertiary/aromatic N) is 1. The maximum atomic E-state index is 12.4. The second-order valence-electron chi connectivity index (χ2n) is 6.14. The second kappa shape index (κ2) is 9.79. The average Bonchev–Trinajstić information content (AvgIpc) is 2.72. The van der Waals surface area contributed by atoms with Crippen LogP contribution in [0.15, 0.2) is 41.3 Å². The molecule has 0 heterocycles. The molecule has 0 saturated carbocycles. The fraction of sp³-hybridized carbons (Fsp3) is 0.263. The first-order valence-corrected chi connectivity index (χ1v) is 10.6. The molecular formula is C19H22ClN3O6S. The van der Waals surface area contributed by atoms with Crippen LogP contribution >= 0.6 is 11.6 Å². The summed E-state index contributed by atoms with van der Waals surface area (Å²) in [5, 5.41) is 0.0298. The van der Waals surface area contributed by atoms with Crippen molar-refractivity contribution in [1.29, 1.82) is 0 Å². The summed E-state index contributed by atoms with van der Waals surface area (Å²) in [6.45, 7) is 2.25. The van der Waals surface area contributed by atoms with E-state index in [0.717, 1.165) is 10.4 Å². The Bertz CT molecular complexity index is 1060. The number of carbonyl (C=O) groups is 2. The fourth-order valence-electron chi connectivity index (χ4n) is 2.39. The Labute approximate surface area is 179 Å². The molecule has 0 fully saturated rings. The van der Waals surface area contributed by atoms with Gasteiger partial charge in [0, 0.05) is 19.7 Å². The molecule has 0 bridgehead atoms. The number of halogens is 1. The molecular weight excluding hydrogens is 434 g/mol. The van der Waals surface area contributed by atoms with E-state index >= 15 is 0 Å². The number of hydrogen-bond acceptors (Lipinski definition) is 6. The molecule has 0 saturated heterocycles. The first-order chi connectivity index (χ1) is 14.1. The molecule has 0 aromatic heterocycles. The Morgan fingerprint density at radius 3 is 2.30 bits per heavy atom. The van der Waals surface area contributed by atoms with Gasteiger partial charge in [0.2, 0.25) is 10.0 Å². The van der Waals surface area contributed by atoms with Crippen molar-refractivity contribution in [2.45, 2.75) is 11.8 Å². The van der Waals surface area contributed by atoms with Crippen LogP contribution in [-0.4, -0.2) is 52.3 Å². The van der Waals surface area contributed by atoms with E-state index < -0.39 is 21.8 Å². The minimum Gasteiger partial charge on any atom is -0.493 e. The van der Waals surface area contributed by atoms with Crippen LogP contribution in [0.2, 0.25) is 5.02 Å². The first kappa shape index (κ1) is 23.5. The highest BCUT2D eigenvalue weighted by molar-refractivity contribution is 7.89. The molecule has 162 valence electrons. The van der Waals surface area contributed by atoms with Crippen LogP contribution < -0.4 is 20.3 Å². The number of hydrazine groups is 1. The van der Waals surface area contributed by atoms with Gasteiger partial charge in [0.15, 0.2) is 11.5 Å². The van der Waals surface area contributed by atoms with E-state index in [-0.39, 0.29) is 21.0 Å². The van der Waals surface area contributed by atoms with Crippen LogP contribution in [0.3, 0.4) is 0 Å². The summed E-state index contributed by atoms with van der Waals surface area (Å²) < 4.78 is 36.1. The molecule has 0 unspecified atom stereocenters. The van der Waals surface area contributed by atoms with E-state index in [1.807, 2.05) is 6.92 Å². The number of ether oxygens (including phenoxy) is 2. The van der Waals surface area contributed by atoms with Crippen molar-refractivity contribution in [3.05, 3.63) is 52.5 Å². The third kappa shape index (κ3) is 5.21. The van der Waals surface area contributed by atoms with Crippen molar-refractivity contribution in [3.63, 3.8) is 0 Å². The molecule has 2 N–H and O–H groups in total. The van der Waals surface area contributed by atoms with E-state index in [4.69, 9.17) is 21.1 Å². The summed E-state index contributed by atoms with van der Waals surface area (Å²) in [6, 6.07) is 8.27. The predicted octanol–water partition coefficient (Wildman–Crippen LogP) is 2.07. The molecule has 0 aliphatic carbocycles. The highest BCUT2D eigenvalue weighted by atomic mass is 35.5. The van der Waals surface area contributed by atoms with E-state index in [9.17, 15) is 18.0 Å². The quantitative estimate of drug-likeness (QED) is 0.618. The average molecular weight is 456 g/mol. The Hall–Kier alpha value is -2.82. The summed E-state index contributed by atoms with van der Waals surface area (Å²) in [5.74, 6) is -0.549. The molecule has 0 atom stereocenters. The maximum Gasteiger partial charge on any atom is 0.271 e. The zero-order valence-electron chi connectivity index (χ0n) is 16.9. The third-order valence-electron chi connectivity index (χ3n) is 3.98. The number of sulfonamides is 1. The fourth-order valence-corrected chi connectivity index (χ4v) is 3.52. The summed E-state index contributed by atoms with van der Waals surface area (Å²) in [6.07, 6.45) is 0. The predicted molar refractivity (Wildman–Crippen MR) is 111 cm³/mol. The normalized spacial score (nSPS) is 11.1. The molecule has 2 aromatic carbocycles. The molecule has 9 nitrogen and oxygen atoms in total. The number of amides is 2. The van der Waals surface area contributed by atoms with Gasteiger partial charge in [0.1, 0.15) is 0 Å².